The molecule has 1 aromatic carbocycles. The Balaban J connectivity index is 1.56. The number of amides is 2. The molecule has 6 nitrogen and oxygen atoms in total. The monoisotopic (exact) mass is 326 g/mol. The lowest BCUT2D eigenvalue weighted by molar-refractivity contribution is 0.0651. The summed E-state index contributed by atoms with van der Waals surface area (Å²) < 4.78 is 1.90. The molecule has 0 saturated heterocycles. The van der Waals surface area contributed by atoms with Gasteiger partial charge in [0.05, 0.1) is 23.0 Å². The summed E-state index contributed by atoms with van der Waals surface area (Å²) in [6.07, 6.45) is 5.50. The molecular formula is C18H22N4O2. The predicted molar refractivity (Wildman–Crippen MR) is 92.0 cm³/mol. The van der Waals surface area contributed by atoms with Gasteiger partial charge in [-0.2, -0.15) is 5.10 Å². The predicted octanol–water partition coefficient (Wildman–Crippen LogP) is 2.78. The van der Waals surface area contributed by atoms with Crippen molar-refractivity contribution in [2.45, 2.75) is 39.3 Å². The van der Waals surface area contributed by atoms with Crippen molar-refractivity contribution in [3.8, 4) is 0 Å². The molecule has 1 aliphatic heterocycles. The summed E-state index contributed by atoms with van der Waals surface area (Å²) in [5.41, 5.74) is 1.96. The minimum Gasteiger partial charge on any atom is -0.380 e. The Kier molecular flexibility index (Phi) is 4.64. The molecule has 126 valence electrons. The molecule has 1 N–H and O–H groups in total. The standard InChI is InChI=1S/C18H22N4O2/c1-3-9-21-12-14(11-19-21)20-13(2)8-10-22-17(23)15-6-4-5-7-16(15)18(22)24/h4-7,11-13,20H,3,8-10H2,1-2H3/t13-/m1/s1. The summed E-state index contributed by atoms with van der Waals surface area (Å²) in [5, 5.41) is 7.65. The average Bonchev–Trinajstić information content (AvgIpc) is 3.10. The van der Waals surface area contributed by atoms with Crippen molar-refractivity contribution in [3.63, 3.8) is 0 Å². The van der Waals surface area contributed by atoms with E-state index in [1.54, 1.807) is 30.5 Å². The second-order valence-corrected chi connectivity index (χ2v) is 6.13. The normalized spacial score (nSPS) is 14.8. The van der Waals surface area contributed by atoms with E-state index in [4.69, 9.17) is 0 Å². The van der Waals surface area contributed by atoms with Crippen LogP contribution in [0.1, 0.15) is 47.4 Å². The number of hydrogen-bond donors (Lipinski definition) is 1. The van der Waals surface area contributed by atoms with E-state index in [0.717, 1.165) is 18.7 Å². The summed E-state index contributed by atoms with van der Waals surface area (Å²) in [6.45, 7) is 5.45. The fraction of sp³-hybridized carbons (Fsp3) is 0.389. The van der Waals surface area contributed by atoms with Gasteiger partial charge in [-0.3, -0.25) is 19.2 Å². The number of benzene rings is 1. The van der Waals surface area contributed by atoms with Crippen LogP contribution in [0.2, 0.25) is 0 Å². The first-order valence-corrected chi connectivity index (χ1v) is 8.34. The number of aryl methyl sites for hydroxylation is 1. The van der Waals surface area contributed by atoms with Gasteiger partial charge in [0.2, 0.25) is 0 Å². The largest absolute Gasteiger partial charge is 0.380 e. The molecular weight excluding hydrogens is 304 g/mol. The highest BCUT2D eigenvalue weighted by atomic mass is 16.2. The number of aromatic nitrogens is 2. The van der Waals surface area contributed by atoms with Crippen molar-refractivity contribution in [1.29, 1.82) is 0 Å². The maximum absolute atomic E-state index is 12.3. The Labute approximate surface area is 141 Å². The van der Waals surface area contributed by atoms with Gasteiger partial charge in [0, 0.05) is 25.3 Å². The molecule has 0 spiro atoms. The third-order valence-corrected chi connectivity index (χ3v) is 4.16. The van der Waals surface area contributed by atoms with Gasteiger partial charge in [-0.1, -0.05) is 19.1 Å². The SMILES string of the molecule is CCCn1cc(N[C@H](C)CCN2C(=O)c3ccccc3C2=O)cn1. The van der Waals surface area contributed by atoms with E-state index in [2.05, 4.69) is 17.3 Å². The van der Waals surface area contributed by atoms with Crippen LogP contribution in [0.4, 0.5) is 5.69 Å². The zero-order chi connectivity index (χ0) is 17.1. The van der Waals surface area contributed by atoms with Gasteiger partial charge < -0.3 is 5.32 Å². The molecule has 0 bridgehead atoms. The first-order valence-electron chi connectivity index (χ1n) is 8.34. The van der Waals surface area contributed by atoms with E-state index in [0.29, 0.717) is 24.1 Å². The van der Waals surface area contributed by atoms with Crippen molar-refractivity contribution in [2.75, 3.05) is 11.9 Å². The second kappa shape index (κ2) is 6.86. The fourth-order valence-electron chi connectivity index (χ4n) is 2.91. The molecule has 3 rings (SSSR count). The van der Waals surface area contributed by atoms with Crippen molar-refractivity contribution < 1.29 is 9.59 Å². The molecule has 1 aromatic heterocycles. The van der Waals surface area contributed by atoms with Gasteiger partial charge in [-0.15, -0.1) is 0 Å². The topological polar surface area (TPSA) is 67.2 Å². The van der Waals surface area contributed by atoms with Crippen LogP contribution in [0, 0.1) is 0 Å². The summed E-state index contributed by atoms with van der Waals surface area (Å²) in [4.78, 5) is 26.0. The first-order chi connectivity index (χ1) is 11.6. The van der Waals surface area contributed by atoms with Gasteiger partial charge >= 0.3 is 0 Å². The van der Waals surface area contributed by atoms with E-state index in [1.165, 1.54) is 4.90 Å². The molecule has 0 fully saturated rings. The average molecular weight is 326 g/mol. The summed E-state index contributed by atoms with van der Waals surface area (Å²) in [5.74, 6) is -0.392. The van der Waals surface area contributed by atoms with E-state index < -0.39 is 0 Å². The van der Waals surface area contributed by atoms with Gasteiger partial charge in [0.25, 0.3) is 11.8 Å². The van der Waals surface area contributed by atoms with Crippen molar-refractivity contribution in [1.82, 2.24) is 14.7 Å². The second-order valence-electron chi connectivity index (χ2n) is 6.13. The molecule has 0 unspecified atom stereocenters. The third-order valence-electron chi connectivity index (χ3n) is 4.16. The van der Waals surface area contributed by atoms with E-state index in [1.807, 2.05) is 17.8 Å². The smallest absolute Gasteiger partial charge is 0.261 e. The molecule has 6 heteroatoms. The Morgan fingerprint density at radius 3 is 2.42 bits per heavy atom. The highest BCUT2D eigenvalue weighted by molar-refractivity contribution is 6.21. The van der Waals surface area contributed by atoms with E-state index >= 15 is 0 Å². The van der Waals surface area contributed by atoms with Crippen LogP contribution in [-0.2, 0) is 6.54 Å². The summed E-state index contributed by atoms with van der Waals surface area (Å²) in [7, 11) is 0. The Bertz CT molecular complexity index is 718. The number of nitrogens with zero attached hydrogens (tertiary/aromatic N) is 3. The Morgan fingerprint density at radius 2 is 1.79 bits per heavy atom. The zero-order valence-electron chi connectivity index (χ0n) is 14.0. The minimum atomic E-state index is -0.196. The van der Waals surface area contributed by atoms with Crippen molar-refractivity contribution in [3.05, 3.63) is 47.8 Å². The number of carbonyl (C=O) groups excluding carboxylic acids is 2. The van der Waals surface area contributed by atoms with Crippen LogP contribution in [-0.4, -0.2) is 39.1 Å². The van der Waals surface area contributed by atoms with Gasteiger partial charge in [0.1, 0.15) is 0 Å². The van der Waals surface area contributed by atoms with Crippen molar-refractivity contribution >= 4 is 17.5 Å². The van der Waals surface area contributed by atoms with Crippen molar-refractivity contribution in [2.24, 2.45) is 0 Å². The molecule has 2 amide bonds. The zero-order valence-corrected chi connectivity index (χ0v) is 14.0. The number of rotatable bonds is 7. The Hall–Kier alpha value is -2.63. The molecule has 1 aliphatic rings. The lowest BCUT2D eigenvalue weighted by Crippen LogP contribution is -2.33. The number of carbonyl (C=O) groups is 2. The molecule has 24 heavy (non-hydrogen) atoms. The highest BCUT2D eigenvalue weighted by Gasteiger charge is 2.34. The maximum Gasteiger partial charge on any atom is 0.261 e. The van der Waals surface area contributed by atoms with Crippen LogP contribution in [0.3, 0.4) is 0 Å². The van der Waals surface area contributed by atoms with Gasteiger partial charge in [0.15, 0.2) is 0 Å². The number of anilines is 1. The molecule has 2 heterocycles. The van der Waals surface area contributed by atoms with Crippen LogP contribution < -0.4 is 5.32 Å². The number of fused-ring (bicyclic) bond motifs is 1. The van der Waals surface area contributed by atoms with E-state index in [9.17, 15) is 9.59 Å². The molecule has 1 atom stereocenters. The lowest BCUT2D eigenvalue weighted by Gasteiger charge is -2.18. The van der Waals surface area contributed by atoms with Gasteiger partial charge in [-0.05, 0) is 31.9 Å². The maximum atomic E-state index is 12.3. The van der Waals surface area contributed by atoms with E-state index in [-0.39, 0.29) is 17.9 Å². The quantitative estimate of drug-likeness (QED) is 0.795. The van der Waals surface area contributed by atoms with Crippen LogP contribution >= 0.6 is 0 Å². The molecule has 2 aromatic rings. The number of imide groups is 1. The van der Waals surface area contributed by atoms with Crippen LogP contribution in [0.25, 0.3) is 0 Å². The summed E-state index contributed by atoms with van der Waals surface area (Å²) in [6, 6.07) is 7.12. The molecule has 0 radical (unpaired) electrons. The highest BCUT2D eigenvalue weighted by Crippen LogP contribution is 2.22. The van der Waals surface area contributed by atoms with Crippen LogP contribution in [0.15, 0.2) is 36.7 Å². The first kappa shape index (κ1) is 16.2. The molecule has 0 saturated carbocycles. The van der Waals surface area contributed by atoms with Crippen LogP contribution in [0.5, 0.6) is 0 Å². The third kappa shape index (κ3) is 3.18. The fourth-order valence-corrected chi connectivity index (χ4v) is 2.91. The Morgan fingerprint density at radius 1 is 1.12 bits per heavy atom. The number of nitrogens with one attached hydrogen (secondary N) is 1. The van der Waals surface area contributed by atoms with Gasteiger partial charge in [-0.25, -0.2) is 0 Å². The number of hydrogen-bond acceptors (Lipinski definition) is 4. The lowest BCUT2D eigenvalue weighted by atomic mass is 10.1. The molecule has 0 aliphatic carbocycles. The summed E-state index contributed by atoms with van der Waals surface area (Å²) >= 11 is 0. The minimum absolute atomic E-state index is 0.133.